The third-order valence-electron chi connectivity index (χ3n) is 15.1. The van der Waals surface area contributed by atoms with E-state index in [0.717, 1.165) is 180 Å². The van der Waals surface area contributed by atoms with Gasteiger partial charge in [0.1, 0.15) is 29.2 Å². The highest BCUT2D eigenvalue weighted by Crippen LogP contribution is 2.33. The van der Waals surface area contributed by atoms with E-state index in [9.17, 15) is 9.59 Å². The molecule has 0 bridgehead atoms. The van der Waals surface area contributed by atoms with Gasteiger partial charge in [-0.05, 0) is 138 Å². The summed E-state index contributed by atoms with van der Waals surface area (Å²) in [7, 11) is 0. The smallest absolute Gasteiger partial charge is 0.324 e. The topological polar surface area (TPSA) is 293 Å². The number of nitrogens with two attached hydrogens (primary N) is 1. The molecular formula is C58H83ClN14O8. The maximum atomic E-state index is 12.3. The predicted octanol–water partition coefficient (Wildman–Crippen LogP) is 12.8. The van der Waals surface area contributed by atoms with Crippen molar-refractivity contribution in [3.8, 4) is 11.5 Å². The SMILES string of the molecule is Cl.N=O.NOC(=O)CCCCCCOc1ccc(Nc2nc(NC3CCCCC3)c3cn[nH]c3n2)cc1.O=C(CCCCCCOc1ccc(Nc2nc(NC3CCCCC3)c3cnn(C4CCCCO4)c3n2)cc1)C1CCCCO1. The minimum absolute atomic E-state index is 0. The number of hydrogen-bond acceptors (Lipinski definition) is 20. The number of aromatic amines is 1. The molecule has 6 aromatic rings. The first-order valence-corrected chi connectivity index (χ1v) is 29.3. The lowest BCUT2D eigenvalue weighted by Gasteiger charge is -2.24. The van der Waals surface area contributed by atoms with E-state index in [-0.39, 0.29) is 36.5 Å². The number of hydrogen-bond donors (Lipinski definition) is 7. The summed E-state index contributed by atoms with van der Waals surface area (Å²) in [5.74, 6) is 9.08. The Bertz CT molecular complexity index is 2780. The number of ketones is 1. The highest BCUT2D eigenvalue weighted by atomic mass is 35.5. The fourth-order valence-corrected chi connectivity index (χ4v) is 10.7. The number of nitrogens with zero attached hydrogens (tertiary/aromatic N) is 7. The number of Topliss-reactive ketones (excluding diaryl/α,β-unsaturated/α-hetero) is 1. The molecule has 81 heavy (non-hydrogen) atoms. The van der Waals surface area contributed by atoms with Crippen molar-refractivity contribution in [2.45, 2.75) is 191 Å². The first-order valence-electron chi connectivity index (χ1n) is 29.3. The molecule has 4 aromatic heterocycles. The Morgan fingerprint density at radius 1 is 0.605 bits per heavy atom. The van der Waals surface area contributed by atoms with Crippen molar-refractivity contribution in [3.05, 3.63) is 65.8 Å². The van der Waals surface area contributed by atoms with Gasteiger partial charge in [0.05, 0.1) is 36.4 Å². The second-order valence-corrected chi connectivity index (χ2v) is 21.2. The molecule has 0 amide bonds. The number of carbonyl (C=O) groups is 2. The number of halogens is 1. The molecule has 2 aliphatic carbocycles. The molecular weight excluding hydrogens is 1060 g/mol. The van der Waals surface area contributed by atoms with Gasteiger partial charge in [-0.3, -0.25) is 14.7 Å². The fraction of sp³-hybridized carbons (Fsp3) is 0.586. The van der Waals surface area contributed by atoms with Gasteiger partial charge in [0.25, 0.3) is 0 Å². The molecule has 2 saturated heterocycles. The van der Waals surface area contributed by atoms with Gasteiger partial charge in [-0.25, -0.2) is 4.68 Å². The number of unbranched alkanes of at least 4 members (excludes halogenated alkanes) is 6. The van der Waals surface area contributed by atoms with Gasteiger partial charge in [0.15, 0.2) is 23.3 Å². The van der Waals surface area contributed by atoms with Gasteiger partial charge in [-0.1, -0.05) is 69.8 Å². The summed E-state index contributed by atoms with van der Waals surface area (Å²) >= 11 is 0. The summed E-state index contributed by atoms with van der Waals surface area (Å²) < 4.78 is 25.4. The van der Waals surface area contributed by atoms with Crippen LogP contribution in [0.2, 0.25) is 0 Å². The Labute approximate surface area is 480 Å². The average molecular weight is 1140 g/mol. The number of ether oxygens (including phenoxy) is 4. The molecule has 23 heteroatoms. The van der Waals surface area contributed by atoms with E-state index in [1.54, 1.807) is 6.20 Å². The van der Waals surface area contributed by atoms with E-state index in [1.807, 2.05) is 59.4 Å². The van der Waals surface area contributed by atoms with Gasteiger partial charge in [-0.15, -0.1) is 12.4 Å². The Hall–Kier alpha value is -6.75. The summed E-state index contributed by atoms with van der Waals surface area (Å²) in [6, 6.07) is 16.5. The van der Waals surface area contributed by atoms with E-state index in [4.69, 9.17) is 49.8 Å². The third kappa shape index (κ3) is 19.5. The lowest BCUT2D eigenvalue weighted by Crippen LogP contribution is -2.27. The van der Waals surface area contributed by atoms with Crippen LogP contribution in [0.25, 0.3) is 22.1 Å². The van der Waals surface area contributed by atoms with Crippen LogP contribution in [0.3, 0.4) is 0 Å². The molecule has 6 heterocycles. The number of H-pyrrole nitrogens is 1. The van der Waals surface area contributed by atoms with Gasteiger partial charge in [0.2, 0.25) is 11.9 Å². The van der Waals surface area contributed by atoms with E-state index < -0.39 is 0 Å². The zero-order chi connectivity index (χ0) is 55.6. The van der Waals surface area contributed by atoms with Crippen LogP contribution in [0.1, 0.15) is 173 Å². The highest BCUT2D eigenvalue weighted by molar-refractivity contribution is 5.89. The van der Waals surface area contributed by atoms with Crippen molar-refractivity contribution in [3.63, 3.8) is 0 Å². The van der Waals surface area contributed by atoms with Crippen LogP contribution < -0.4 is 36.6 Å². The van der Waals surface area contributed by atoms with Crippen molar-refractivity contribution >= 4 is 81.1 Å². The van der Waals surface area contributed by atoms with Crippen LogP contribution in [-0.2, 0) is 23.9 Å². The van der Waals surface area contributed by atoms with Crippen molar-refractivity contribution in [2.75, 3.05) is 47.7 Å². The van der Waals surface area contributed by atoms with Crippen LogP contribution in [0.4, 0.5) is 34.9 Å². The number of nitroso groups, excluding NO2 is 1. The van der Waals surface area contributed by atoms with Crippen molar-refractivity contribution in [2.24, 2.45) is 5.90 Å². The monoisotopic (exact) mass is 1140 g/mol. The number of rotatable bonds is 26. The molecule has 4 aliphatic rings. The maximum Gasteiger partial charge on any atom is 0.324 e. The molecule has 22 nitrogen and oxygen atoms in total. The molecule has 2 aromatic carbocycles. The number of anilines is 6. The van der Waals surface area contributed by atoms with Crippen molar-refractivity contribution < 1.29 is 33.4 Å². The minimum atomic E-state index is -0.364. The minimum Gasteiger partial charge on any atom is -0.494 e. The van der Waals surface area contributed by atoms with Crippen LogP contribution in [0.15, 0.2) is 60.9 Å². The molecule has 2 aliphatic heterocycles. The zero-order valence-corrected chi connectivity index (χ0v) is 47.5. The lowest BCUT2D eigenvalue weighted by atomic mass is 9.95. The van der Waals surface area contributed by atoms with Crippen molar-refractivity contribution in [1.82, 2.24) is 39.9 Å². The number of aromatic nitrogens is 8. The van der Waals surface area contributed by atoms with Gasteiger partial charge in [-0.2, -0.15) is 40.9 Å². The van der Waals surface area contributed by atoms with Crippen LogP contribution in [-0.4, -0.2) is 96.3 Å². The summed E-state index contributed by atoms with van der Waals surface area (Å²) in [4.78, 5) is 54.0. The normalized spacial score (nSPS) is 17.5. The van der Waals surface area contributed by atoms with Gasteiger partial charge >= 0.3 is 5.97 Å². The Morgan fingerprint density at radius 3 is 1.69 bits per heavy atom. The van der Waals surface area contributed by atoms with E-state index in [2.05, 4.69) is 46.9 Å². The zero-order valence-electron chi connectivity index (χ0n) is 46.7. The molecule has 0 radical (unpaired) electrons. The molecule has 0 spiro atoms. The first-order chi connectivity index (χ1) is 39.4. The first kappa shape index (κ1) is 61.9. The highest BCUT2D eigenvalue weighted by Gasteiger charge is 2.25. The Kier molecular flexibility index (Phi) is 25.9. The number of benzene rings is 2. The number of fused-ring (bicyclic) bond motifs is 2. The van der Waals surface area contributed by atoms with Gasteiger partial charge < -0.3 is 45.1 Å². The largest absolute Gasteiger partial charge is 0.494 e. The molecule has 2 unspecified atom stereocenters. The van der Waals surface area contributed by atoms with Gasteiger partial charge in [0, 0.05) is 49.5 Å². The molecule has 2 atom stereocenters. The van der Waals surface area contributed by atoms with E-state index in [1.165, 1.54) is 38.5 Å². The lowest BCUT2D eigenvalue weighted by molar-refractivity contribution is -0.144. The Balaban J connectivity index is 0.000000231. The maximum absolute atomic E-state index is 12.3. The van der Waals surface area contributed by atoms with Crippen LogP contribution >= 0.6 is 12.4 Å². The van der Waals surface area contributed by atoms with Crippen LogP contribution in [0.5, 0.6) is 11.5 Å². The number of nitrogens with one attached hydrogen (secondary N) is 6. The molecule has 10 rings (SSSR count). The predicted molar refractivity (Wildman–Crippen MR) is 316 cm³/mol. The quantitative estimate of drug-likeness (QED) is 0.0151. The summed E-state index contributed by atoms with van der Waals surface area (Å²) in [5, 5.41) is 27.6. The summed E-state index contributed by atoms with van der Waals surface area (Å²) in [6.45, 7) is 2.77. The summed E-state index contributed by atoms with van der Waals surface area (Å²) in [6.07, 6.45) is 30.5. The van der Waals surface area contributed by atoms with Crippen LogP contribution in [0, 0.1) is 10.5 Å². The standard InChI is InChI=1S/C34H48N6O4.C24H33N7O3.ClH.HNO/c41-29(30-15-7-10-22-43-30)14-6-1-2-9-21-42-27-19-17-26(18-20-27)37-34-38-32(36-25-12-4-3-5-13-25)28-24-35-40(33(28)39-34)31-16-8-11-23-44-31;25-34-21(32)10-6-1-2-7-15-33-19-13-11-18(12-14-19)28-24-29-22(20-16-26-31-23(20)30-24)27-17-8-4-3-5-9-17;;1-2/h17-20,24-25,30-31H,1-16,21-23H2,(H2,36,37,38,39);11-14,16-17H,1-10,15,25H2,(H3,26,27,28,29,30,31);1H;1H. The average Bonchev–Trinajstić information content (AvgIpc) is 4.19. The second kappa shape index (κ2) is 33.9. The fourth-order valence-electron chi connectivity index (χ4n) is 10.7. The molecule has 2 saturated carbocycles. The summed E-state index contributed by atoms with van der Waals surface area (Å²) in [5.41, 5.74) is 7.77. The second-order valence-electron chi connectivity index (χ2n) is 21.2. The Morgan fingerprint density at radius 2 is 1.14 bits per heavy atom. The van der Waals surface area contributed by atoms with Crippen molar-refractivity contribution in [1.29, 1.82) is 5.59 Å². The molecule has 4 fully saturated rings. The number of carbonyl (C=O) groups excluding carboxylic acids is 2. The molecule has 440 valence electrons. The van der Waals surface area contributed by atoms with E-state index in [0.29, 0.717) is 55.7 Å². The van der Waals surface area contributed by atoms with E-state index >= 15 is 0 Å². The molecule has 8 N–H and O–H groups in total. The third-order valence-corrected chi connectivity index (χ3v) is 15.1.